The number of hydrogen-bond donors (Lipinski definition) is 2. The molecule has 0 bridgehead atoms. The summed E-state index contributed by atoms with van der Waals surface area (Å²) in [7, 11) is 1.35. The van der Waals surface area contributed by atoms with Crippen molar-refractivity contribution in [2.24, 2.45) is 0 Å². The first-order chi connectivity index (χ1) is 14.2. The van der Waals surface area contributed by atoms with E-state index in [-0.39, 0.29) is 17.9 Å². The van der Waals surface area contributed by atoms with Gasteiger partial charge in [0.15, 0.2) is 6.54 Å². The highest BCUT2D eigenvalue weighted by molar-refractivity contribution is 5.89. The van der Waals surface area contributed by atoms with Gasteiger partial charge in [0, 0.05) is 17.7 Å². The van der Waals surface area contributed by atoms with Crippen molar-refractivity contribution in [1.82, 2.24) is 5.32 Å². The molecule has 3 N–H and O–H groups in total. The van der Waals surface area contributed by atoms with Gasteiger partial charge in [-0.15, -0.1) is 0 Å². The van der Waals surface area contributed by atoms with Crippen LogP contribution in [0.3, 0.4) is 0 Å². The van der Waals surface area contributed by atoms with E-state index in [1.807, 2.05) is 53.8 Å². The molecule has 0 heterocycles. The number of hydrogen-bond acceptors (Lipinski definition) is 3. The van der Waals surface area contributed by atoms with E-state index in [1.54, 1.807) is 12.1 Å². The summed E-state index contributed by atoms with van der Waals surface area (Å²) in [6, 6.07) is 27.4. The Kier molecular flexibility index (Phi) is 7.14. The average molecular weight is 389 g/mol. The number of amides is 1. The lowest BCUT2D eigenvalue weighted by atomic mass is 9.99. The molecule has 0 spiro atoms. The molecule has 0 aromatic heterocycles. The third kappa shape index (κ3) is 5.77. The number of carbonyl (C=O) groups excluding carboxylic acids is 2. The van der Waals surface area contributed by atoms with Crippen LogP contribution in [0.25, 0.3) is 0 Å². The Labute approximate surface area is 170 Å². The Morgan fingerprint density at radius 2 is 1.41 bits per heavy atom. The largest absolute Gasteiger partial charge is 0.465 e. The van der Waals surface area contributed by atoms with Crippen LogP contribution in [0.15, 0.2) is 84.9 Å². The first-order valence-corrected chi connectivity index (χ1v) is 9.54. The van der Waals surface area contributed by atoms with Crippen LogP contribution in [-0.2, 0) is 16.1 Å². The highest BCUT2D eigenvalue weighted by Crippen LogP contribution is 2.17. The number of nitrogens with one attached hydrogen (secondary N) is 1. The second kappa shape index (κ2) is 10.2. The second-order valence-electron chi connectivity index (χ2n) is 6.70. The number of rotatable bonds is 8. The first-order valence-electron chi connectivity index (χ1n) is 9.54. The van der Waals surface area contributed by atoms with Gasteiger partial charge in [-0.1, -0.05) is 72.8 Å². The molecule has 0 aliphatic heterocycles. The molecular weight excluding hydrogens is 364 g/mol. The molecule has 0 radical (unpaired) electrons. The number of methoxy groups -OCH3 is 1. The van der Waals surface area contributed by atoms with E-state index in [9.17, 15) is 9.59 Å². The van der Waals surface area contributed by atoms with Gasteiger partial charge < -0.3 is 15.4 Å². The summed E-state index contributed by atoms with van der Waals surface area (Å²) in [5.74, 6) is -0.415. The Balaban J connectivity index is 1.57. The molecule has 3 aromatic rings. The van der Waals surface area contributed by atoms with E-state index in [0.29, 0.717) is 18.7 Å². The van der Waals surface area contributed by atoms with Crippen molar-refractivity contribution >= 4 is 11.9 Å². The van der Waals surface area contributed by atoms with Gasteiger partial charge in [-0.05, 0) is 17.7 Å². The average Bonchev–Trinajstić information content (AvgIpc) is 2.79. The molecule has 29 heavy (non-hydrogen) atoms. The fourth-order valence-corrected chi connectivity index (χ4v) is 3.16. The summed E-state index contributed by atoms with van der Waals surface area (Å²) in [5, 5.41) is 4.98. The minimum Gasteiger partial charge on any atom is -0.465 e. The molecule has 148 valence electrons. The van der Waals surface area contributed by atoms with Crippen LogP contribution < -0.4 is 10.6 Å². The minimum absolute atomic E-state index is 0.0427. The predicted octanol–water partition coefficient (Wildman–Crippen LogP) is 2.44. The van der Waals surface area contributed by atoms with Crippen molar-refractivity contribution in [2.45, 2.75) is 12.6 Å². The van der Waals surface area contributed by atoms with Gasteiger partial charge in [-0.25, -0.2) is 4.79 Å². The fraction of sp³-hybridized carbons (Fsp3) is 0.167. The highest BCUT2D eigenvalue weighted by Gasteiger charge is 2.18. The Hall–Kier alpha value is -3.44. The number of quaternary nitrogens is 1. The van der Waals surface area contributed by atoms with Crippen LogP contribution in [-0.4, -0.2) is 25.5 Å². The van der Waals surface area contributed by atoms with Crippen LogP contribution in [0.4, 0.5) is 0 Å². The van der Waals surface area contributed by atoms with Gasteiger partial charge >= 0.3 is 5.97 Å². The molecule has 0 atom stereocenters. The monoisotopic (exact) mass is 389 g/mol. The molecule has 3 aromatic carbocycles. The third-order valence-corrected chi connectivity index (χ3v) is 4.72. The van der Waals surface area contributed by atoms with Crippen molar-refractivity contribution < 1.29 is 19.6 Å². The number of carbonyl (C=O) groups is 2. The zero-order chi connectivity index (χ0) is 20.5. The second-order valence-corrected chi connectivity index (χ2v) is 6.70. The van der Waals surface area contributed by atoms with E-state index in [2.05, 4.69) is 34.3 Å². The normalized spacial score (nSPS) is 10.6. The summed E-state index contributed by atoms with van der Waals surface area (Å²) in [6.45, 7) is 0.726. The van der Waals surface area contributed by atoms with E-state index < -0.39 is 0 Å². The summed E-state index contributed by atoms with van der Waals surface area (Å²) < 4.78 is 4.69. The van der Waals surface area contributed by atoms with Crippen molar-refractivity contribution in [3.05, 3.63) is 107 Å². The predicted molar refractivity (Wildman–Crippen MR) is 111 cm³/mol. The molecule has 1 amide bonds. The summed E-state index contributed by atoms with van der Waals surface area (Å²) in [4.78, 5) is 23.9. The fourth-order valence-electron chi connectivity index (χ4n) is 3.16. The first kappa shape index (κ1) is 20.3. The maximum Gasteiger partial charge on any atom is 0.337 e. The lowest BCUT2D eigenvalue weighted by Crippen LogP contribution is -2.87. The minimum atomic E-state index is -0.372. The van der Waals surface area contributed by atoms with Gasteiger partial charge in [0.1, 0.15) is 6.04 Å². The number of benzene rings is 3. The molecule has 0 aliphatic carbocycles. The quantitative estimate of drug-likeness (QED) is 0.582. The maximum absolute atomic E-state index is 12.4. The van der Waals surface area contributed by atoms with Crippen molar-refractivity contribution in [3.8, 4) is 0 Å². The zero-order valence-corrected chi connectivity index (χ0v) is 16.4. The van der Waals surface area contributed by atoms with Gasteiger partial charge in [-0.2, -0.15) is 0 Å². The topological polar surface area (TPSA) is 72.0 Å². The smallest absolute Gasteiger partial charge is 0.337 e. The van der Waals surface area contributed by atoms with Crippen LogP contribution in [0, 0.1) is 0 Å². The molecule has 3 rings (SSSR count). The number of nitrogens with two attached hydrogens (primary N) is 1. The third-order valence-electron chi connectivity index (χ3n) is 4.72. The van der Waals surface area contributed by atoms with Crippen LogP contribution in [0.1, 0.15) is 33.1 Å². The summed E-state index contributed by atoms with van der Waals surface area (Å²) >= 11 is 0. The summed E-state index contributed by atoms with van der Waals surface area (Å²) in [5.41, 5.74) is 3.73. The van der Waals surface area contributed by atoms with Crippen molar-refractivity contribution in [3.63, 3.8) is 0 Å². The Morgan fingerprint density at radius 1 is 0.862 bits per heavy atom. The van der Waals surface area contributed by atoms with Crippen LogP contribution in [0.2, 0.25) is 0 Å². The number of esters is 1. The zero-order valence-electron chi connectivity index (χ0n) is 16.4. The Morgan fingerprint density at radius 3 is 1.93 bits per heavy atom. The molecule has 0 unspecified atom stereocenters. The van der Waals surface area contributed by atoms with Gasteiger partial charge in [0.05, 0.1) is 12.7 Å². The molecule has 5 heteroatoms. The van der Waals surface area contributed by atoms with E-state index in [1.165, 1.54) is 7.11 Å². The molecule has 5 nitrogen and oxygen atoms in total. The molecule has 0 saturated heterocycles. The van der Waals surface area contributed by atoms with E-state index in [0.717, 1.165) is 16.7 Å². The lowest BCUT2D eigenvalue weighted by molar-refractivity contribution is -0.676. The lowest BCUT2D eigenvalue weighted by Gasteiger charge is -2.16. The van der Waals surface area contributed by atoms with Gasteiger partial charge in [-0.3, -0.25) is 4.79 Å². The van der Waals surface area contributed by atoms with Crippen LogP contribution >= 0.6 is 0 Å². The highest BCUT2D eigenvalue weighted by atomic mass is 16.5. The van der Waals surface area contributed by atoms with E-state index in [4.69, 9.17) is 0 Å². The molecular formula is C24H25N2O3+. The number of ether oxygens (including phenoxy) is 1. The van der Waals surface area contributed by atoms with Gasteiger partial charge in [0.25, 0.3) is 5.91 Å². The molecule has 0 saturated carbocycles. The summed E-state index contributed by atoms with van der Waals surface area (Å²) in [6.07, 6.45) is 0. The van der Waals surface area contributed by atoms with E-state index >= 15 is 0 Å². The maximum atomic E-state index is 12.4. The SMILES string of the molecule is COC(=O)c1ccc(CNC(=O)C[NH2+]C(c2ccccc2)c2ccccc2)cc1. The van der Waals surface area contributed by atoms with Crippen molar-refractivity contribution in [1.29, 1.82) is 0 Å². The molecule has 0 aliphatic rings. The standard InChI is InChI=1S/C24H24N2O3/c1-29-24(28)21-14-12-18(13-15-21)16-25-22(27)17-26-23(19-8-4-2-5-9-19)20-10-6-3-7-11-20/h2-15,23,26H,16-17H2,1H3,(H,25,27)/p+1. The Bertz CT molecular complexity index is 886. The van der Waals surface area contributed by atoms with Gasteiger partial charge in [0.2, 0.25) is 0 Å². The molecule has 0 fully saturated rings. The van der Waals surface area contributed by atoms with Crippen LogP contribution in [0.5, 0.6) is 0 Å². The van der Waals surface area contributed by atoms with Crippen molar-refractivity contribution in [2.75, 3.05) is 13.7 Å².